The number of halogens is 1. The van der Waals surface area contributed by atoms with Gasteiger partial charge in [-0.15, -0.1) is 0 Å². The van der Waals surface area contributed by atoms with Gasteiger partial charge in [-0.2, -0.15) is 0 Å². The highest BCUT2D eigenvalue weighted by molar-refractivity contribution is 9.10. The summed E-state index contributed by atoms with van der Waals surface area (Å²) in [6.07, 6.45) is -0.460. The zero-order chi connectivity index (χ0) is 13.7. The molecule has 18 heavy (non-hydrogen) atoms. The third-order valence-corrected chi connectivity index (χ3v) is 3.26. The molecule has 0 saturated carbocycles. The van der Waals surface area contributed by atoms with Crippen LogP contribution < -0.4 is 5.32 Å². The van der Waals surface area contributed by atoms with E-state index in [-0.39, 0.29) is 11.9 Å². The Labute approximate surface area is 116 Å². The molecule has 0 spiro atoms. The smallest absolute Gasteiger partial charge is 0.252 e. The van der Waals surface area contributed by atoms with E-state index in [0.29, 0.717) is 5.56 Å². The van der Waals surface area contributed by atoms with Gasteiger partial charge in [0, 0.05) is 18.7 Å². The van der Waals surface area contributed by atoms with Gasteiger partial charge in [-0.3, -0.25) is 4.79 Å². The molecule has 0 bridgehead atoms. The summed E-state index contributed by atoms with van der Waals surface area (Å²) >= 11 is 3.39. The van der Waals surface area contributed by atoms with Crippen LogP contribution in [0, 0.1) is 6.92 Å². The molecule has 1 aromatic carbocycles. The van der Waals surface area contributed by atoms with Gasteiger partial charge in [-0.1, -0.05) is 6.07 Å². The summed E-state index contributed by atoms with van der Waals surface area (Å²) in [5, 5.41) is 2.84. The molecule has 0 aliphatic carbocycles. The molecule has 4 nitrogen and oxygen atoms in total. The lowest BCUT2D eigenvalue weighted by molar-refractivity contribution is -0.117. The Morgan fingerprint density at radius 1 is 1.33 bits per heavy atom. The van der Waals surface area contributed by atoms with Gasteiger partial charge >= 0.3 is 0 Å². The lowest BCUT2D eigenvalue weighted by Crippen LogP contribution is -2.43. The Balaban J connectivity index is 2.76. The van der Waals surface area contributed by atoms with E-state index in [2.05, 4.69) is 21.2 Å². The van der Waals surface area contributed by atoms with E-state index in [0.717, 1.165) is 10.0 Å². The first-order valence-corrected chi connectivity index (χ1v) is 6.41. The van der Waals surface area contributed by atoms with Crippen LogP contribution in [-0.2, 0) is 9.47 Å². The number of ether oxygens (including phenoxy) is 2. The van der Waals surface area contributed by atoms with Gasteiger partial charge in [0.15, 0.2) is 6.29 Å². The molecule has 0 saturated heterocycles. The summed E-state index contributed by atoms with van der Waals surface area (Å²) in [7, 11) is 3.08. The summed E-state index contributed by atoms with van der Waals surface area (Å²) in [6, 6.07) is 5.36. The quantitative estimate of drug-likeness (QED) is 0.849. The molecule has 1 aromatic rings. The van der Waals surface area contributed by atoms with Crippen molar-refractivity contribution < 1.29 is 14.3 Å². The molecule has 100 valence electrons. The average molecular weight is 316 g/mol. The number of hydrogen-bond donors (Lipinski definition) is 1. The van der Waals surface area contributed by atoms with Crippen LogP contribution in [0.25, 0.3) is 0 Å². The van der Waals surface area contributed by atoms with Crippen molar-refractivity contribution in [2.75, 3.05) is 14.2 Å². The van der Waals surface area contributed by atoms with Crippen LogP contribution in [0.1, 0.15) is 22.8 Å². The van der Waals surface area contributed by atoms with Gasteiger partial charge in [0.25, 0.3) is 5.91 Å². The van der Waals surface area contributed by atoms with Crippen molar-refractivity contribution in [3.63, 3.8) is 0 Å². The highest BCUT2D eigenvalue weighted by atomic mass is 79.9. The first-order chi connectivity index (χ1) is 8.49. The summed E-state index contributed by atoms with van der Waals surface area (Å²) < 4.78 is 11.0. The molecule has 5 heteroatoms. The summed E-state index contributed by atoms with van der Waals surface area (Å²) in [6.45, 7) is 3.80. The standard InChI is InChI=1S/C13H18BrNO3/c1-8-5-6-10(11(14)7-8)12(16)15-9(2)13(17-3)18-4/h5-7,9,13H,1-4H3,(H,15,16). The maximum Gasteiger partial charge on any atom is 0.252 e. The predicted octanol–water partition coefficient (Wildman–Crippen LogP) is 2.49. The summed E-state index contributed by atoms with van der Waals surface area (Å²) in [5.41, 5.74) is 1.69. The zero-order valence-electron chi connectivity index (χ0n) is 11.0. The Bertz CT molecular complexity index is 419. The fraction of sp³-hybridized carbons (Fsp3) is 0.462. The van der Waals surface area contributed by atoms with E-state index in [4.69, 9.17) is 9.47 Å². The van der Waals surface area contributed by atoms with Gasteiger partial charge in [0.1, 0.15) is 0 Å². The minimum atomic E-state index is -0.460. The minimum Gasteiger partial charge on any atom is -0.354 e. The first-order valence-electron chi connectivity index (χ1n) is 5.62. The first kappa shape index (κ1) is 15.1. The molecule has 0 fully saturated rings. The maximum absolute atomic E-state index is 12.1. The molecule has 1 atom stereocenters. The van der Waals surface area contributed by atoms with Crippen LogP contribution in [0.2, 0.25) is 0 Å². The molecule has 0 heterocycles. The summed E-state index contributed by atoms with van der Waals surface area (Å²) in [5.74, 6) is -0.159. The Kier molecular flexibility index (Phi) is 5.78. The fourth-order valence-corrected chi connectivity index (χ4v) is 2.33. The van der Waals surface area contributed by atoms with Crippen molar-refractivity contribution in [3.05, 3.63) is 33.8 Å². The monoisotopic (exact) mass is 315 g/mol. The normalized spacial score (nSPS) is 12.6. The van der Waals surface area contributed by atoms with E-state index in [9.17, 15) is 4.79 Å². The lowest BCUT2D eigenvalue weighted by Gasteiger charge is -2.22. The molecule has 1 rings (SSSR count). The molecule has 0 aliphatic heterocycles. The number of carbonyl (C=O) groups is 1. The zero-order valence-corrected chi connectivity index (χ0v) is 12.6. The van der Waals surface area contributed by atoms with Crippen molar-refractivity contribution in [3.8, 4) is 0 Å². The van der Waals surface area contributed by atoms with Crippen LogP contribution in [-0.4, -0.2) is 32.5 Å². The van der Waals surface area contributed by atoms with Gasteiger partial charge in [0.05, 0.1) is 11.6 Å². The van der Waals surface area contributed by atoms with Crippen LogP contribution in [0.15, 0.2) is 22.7 Å². The number of benzene rings is 1. The van der Waals surface area contributed by atoms with E-state index >= 15 is 0 Å². The SMILES string of the molecule is COC(OC)C(C)NC(=O)c1ccc(C)cc1Br. The Morgan fingerprint density at radius 2 is 1.94 bits per heavy atom. The third-order valence-electron chi connectivity index (χ3n) is 2.60. The predicted molar refractivity (Wildman–Crippen MR) is 73.6 cm³/mol. The van der Waals surface area contributed by atoms with E-state index in [1.807, 2.05) is 26.0 Å². The minimum absolute atomic E-state index is 0.159. The van der Waals surface area contributed by atoms with E-state index in [1.165, 1.54) is 0 Å². The van der Waals surface area contributed by atoms with Crippen molar-refractivity contribution in [2.24, 2.45) is 0 Å². The maximum atomic E-state index is 12.1. The number of hydrogen-bond acceptors (Lipinski definition) is 3. The van der Waals surface area contributed by atoms with Gasteiger partial charge < -0.3 is 14.8 Å². The largest absolute Gasteiger partial charge is 0.354 e. The van der Waals surface area contributed by atoms with Crippen LogP contribution in [0.4, 0.5) is 0 Å². The van der Waals surface area contributed by atoms with E-state index < -0.39 is 6.29 Å². The average Bonchev–Trinajstić information content (AvgIpc) is 2.30. The van der Waals surface area contributed by atoms with Gasteiger partial charge in [-0.05, 0) is 47.5 Å². The van der Waals surface area contributed by atoms with Crippen molar-refractivity contribution in [1.82, 2.24) is 5.32 Å². The van der Waals surface area contributed by atoms with Crippen molar-refractivity contribution in [2.45, 2.75) is 26.2 Å². The number of rotatable bonds is 5. The highest BCUT2D eigenvalue weighted by Gasteiger charge is 2.19. The number of methoxy groups -OCH3 is 2. The van der Waals surface area contributed by atoms with Crippen molar-refractivity contribution >= 4 is 21.8 Å². The molecule has 0 radical (unpaired) electrons. The second-order valence-corrected chi connectivity index (χ2v) is 4.94. The van der Waals surface area contributed by atoms with Crippen LogP contribution in [0.5, 0.6) is 0 Å². The second kappa shape index (κ2) is 6.87. The number of carbonyl (C=O) groups excluding carboxylic acids is 1. The lowest BCUT2D eigenvalue weighted by atomic mass is 10.1. The van der Waals surface area contributed by atoms with E-state index in [1.54, 1.807) is 20.3 Å². The van der Waals surface area contributed by atoms with Crippen LogP contribution in [0.3, 0.4) is 0 Å². The fourth-order valence-electron chi connectivity index (χ4n) is 1.66. The summed E-state index contributed by atoms with van der Waals surface area (Å²) in [4.78, 5) is 12.1. The van der Waals surface area contributed by atoms with Gasteiger partial charge in [0.2, 0.25) is 0 Å². The van der Waals surface area contributed by atoms with Crippen LogP contribution >= 0.6 is 15.9 Å². The van der Waals surface area contributed by atoms with Crippen molar-refractivity contribution in [1.29, 1.82) is 0 Å². The third kappa shape index (κ3) is 3.80. The molecular weight excluding hydrogens is 298 g/mol. The molecule has 1 unspecified atom stereocenters. The highest BCUT2D eigenvalue weighted by Crippen LogP contribution is 2.18. The number of nitrogens with one attached hydrogen (secondary N) is 1. The van der Waals surface area contributed by atoms with Gasteiger partial charge in [-0.25, -0.2) is 0 Å². The molecule has 1 amide bonds. The molecule has 0 aliphatic rings. The number of aryl methyl sites for hydroxylation is 1. The molecule has 1 N–H and O–H groups in total. The Morgan fingerprint density at radius 3 is 2.44 bits per heavy atom. The second-order valence-electron chi connectivity index (χ2n) is 4.09. The Hall–Kier alpha value is -0.910. The molecular formula is C13H18BrNO3. The number of amides is 1. The topological polar surface area (TPSA) is 47.6 Å². The molecule has 0 aromatic heterocycles.